The third-order valence-electron chi connectivity index (χ3n) is 2.46. The Morgan fingerprint density at radius 3 is 2.73 bits per heavy atom. The van der Waals surface area contributed by atoms with Crippen LogP contribution in [0, 0.1) is 11.7 Å². The van der Waals surface area contributed by atoms with Gasteiger partial charge in [-0.1, -0.05) is 0 Å². The largest absolute Gasteiger partial charge is 0.496 e. The zero-order valence-corrected chi connectivity index (χ0v) is 9.80. The Hall–Kier alpha value is -0.900. The van der Waals surface area contributed by atoms with Crippen LogP contribution in [0.5, 0.6) is 5.75 Å². The topological polar surface area (TPSA) is 26.3 Å². The Morgan fingerprint density at radius 2 is 2.20 bits per heavy atom. The Morgan fingerprint density at radius 1 is 1.53 bits per heavy atom. The van der Waals surface area contributed by atoms with Gasteiger partial charge in [0.25, 0.3) is 0 Å². The van der Waals surface area contributed by atoms with Gasteiger partial charge >= 0.3 is 0 Å². The molecule has 0 heterocycles. The van der Waals surface area contributed by atoms with E-state index in [0.717, 1.165) is 12.8 Å². The lowest BCUT2D eigenvalue weighted by molar-refractivity contribution is 0.0964. The maximum atomic E-state index is 13.2. The molecule has 1 saturated carbocycles. The number of hydrogen-bond donors (Lipinski definition) is 0. The van der Waals surface area contributed by atoms with E-state index in [9.17, 15) is 9.18 Å². The van der Waals surface area contributed by atoms with E-state index in [-0.39, 0.29) is 11.7 Å². The fourth-order valence-electron chi connectivity index (χ4n) is 1.46. The summed E-state index contributed by atoms with van der Waals surface area (Å²) < 4.78 is 18.5. The standard InChI is InChI=1S/C11H10BrFO2/c1-15-10-5-9(13)8(12)4-7(10)11(14)6-2-3-6/h4-6H,2-3H2,1H3. The van der Waals surface area contributed by atoms with Crippen LogP contribution < -0.4 is 4.74 Å². The molecule has 80 valence electrons. The lowest BCUT2D eigenvalue weighted by atomic mass is 10.1. The molecule has 0 bridgehead atoms. The van der Waals surface area contributed by atoms with Crippen molar-refractivity contribution in [3.8, 4) is 5.75 Å². The van der Waals surface area contributed by atoms with Crippen molar-refractivity contribution in [1.82, 2.24) is 0 Å². The quantitative estimate of drug-likeness (QED) is 0.790. The van der Waals surface area contributed by atoms with Gasteiger partial charge in [0.2, 0.25) is 0 Å². The van der Waals surface area contributed by atoms with Crippen LogP contribution in [0.15, 0.2) is 16.6 Å². The van der Waals surface area contributed by atoms with Gasteiger partial charge in [-0.3, -0.25) is 4.79 Å². The summed E-state index contributed by atoms with van der Waals surface area (Å²) >= 11 is 3.06. The monoisotopic (exact) mass is 272 g/mol. The zero-order chi connectivity index (χ0) is 11.0. The van der Waals surface area contributed by atoms with E-state index >= 15 is 0 Å². The number of ketones is 1. The molecule has 1 fully saturated rings. The highest BCUT2D eigenvalue weighted by molar-refractivity contribution is 9.10. The lowest BCUT2D eigenvalue weighted by Crippen LogP contribution is -2.05. The number of hydrogen-bond acceptors (Lipinski definition) is 2. The van der Waals surface area contributed by atoms with Crippen LogP contribution in [0.3, 0.4) is 0 Å². The Bertz CT molecular complexity index is 413. The normalized spacial score (nSPS) is 15.1. The van der Waals surface area contributed by atoms with Crippen LogP contribution in [0.25, 0.3) is 0 Å². The molecule has 0 atom stereocenters. The summed E-state index contributed by atoms with van der Waals surface area (Å²) in [6.07, 6.45) is 1.86. The highest BCUT2D eigenvalue weighted by Gasteiger charge is 2.32. The molecule has 0 aliphatic heterocycles. The van der Waals surface area contributed by atoms with Gasteiger partial charge < -0.3 is 4.74 Å². The first kappa shape index (κ1) is 10.6. The molecule has 2 rings (SSSR count). The van der Waals surface area contributed by atoms with E-state index in [0.29, 0.717) is 15.8 Å². The van der Waals surface area contributed by atoms with Gasteiger partial charge in [0.15, 0.2) is 5.78 Å². The summed E-state index contributed by atoms with van der Waals surface area (Å²) in [7, 11) is 1.44. The van der Waals surface area contributed by atoms with Crippen molar-refractivity contribution < 1.29 is 13.9 Å². The van der Waals surface area contributed by atoms with Crippen molar-refractivity contribution in [3.05, 3.63) is 28.0 Å². The van der Waals surface area contributed by atoms with Crippen LogP contribution in [0.2, 0.25) is 0 Å². The molecule has 0 radical (unpaired) electrons. The van der Waals surface area contributed by atoms with Crippen LogP contribution in [0.1, 0.15) is 23.2 Å². The van der Waals surface area contributed by atoms with E-state index in [2.05, 4.69) is 15.9 Å². The molecule has 0 amide bonds. The molecule has 15 heavy (non-hydrogen) atoms. The minimum absolute atomic E-state index is 0.0487. The Balaban J connectivity index is 2.43. The first-order valence-electron chi connectivity index (χ1n) is 4.70. The molecule has 1 aromatic rings. The summed E-state index contributed by atoms with van der Waals surface area (Å²) in [4.78, 5) is 11.8. The Labute approximate surface area is 95.6 Å². The fourth-order valence-corrected chi connectivity index (χ4v) is 1.80. The molecule has 2 nitrogen and oxygen atoms in total. The summed E-state index contributed by atoms with van der Waals surface area (Å²) in [6.45, 7) is 0. The van der Waals surface area contributed by atoms with Gasteiger partial charge in [-0.05, 0) is 34.8 Å². The second-order valence-electron chi connectivity index (χ2n) is 3.61. The van der Waals surface area contributed by atoms with Crippen molar-refractivity contribution in [2.45, 2.75) is 12.8 Å². The average molecular weight is 273 g/mol. The number of ether oxygens (including phenoxy) is 1. The van der Waals surface area contributed by atoms with Crippen molar-refractivity contribution in [3.63, 3.8) is 0 Å². The number of carbonyl (C=O) groups is 1. The predicted octanol–water partition coefficient (Wildman–Crippen LogP) is 3.19. The van der Waals surface area contributed by atoms with Crippen LogP contribution in [-0.2, 0) is 0 Å². The molecule has 0 aromatic heterocycles. The van der Waals surface area contributed by atoms with Gasteiger partial charge in [0, 0.05) is 12.0 Å². The van der Waals surface area contributed by atoms with E-state index < -0.39 is 5.82 Å². The molecule has 1 aromatic carbocycles. The molecule has 0 spiro atoms. The predicted molar refractivity (Wildman–Crippen MR) is 57.7 cm³/mol. The van der Waals surface area contributed by atoms with E-state index in [1.54, 1.807) is 0 Å². The summed E-state index contributed by atoms with van der Waals surface area (Å²) in [5.74, 6) is 0.0515. The van der Waals surface area contributed by atoms with Crippen LogP contribution >= 0.6 is 15.9 Å². The minimum Gasteiger partial charge on any atom is -0.496 e. The smallest absolute Gasteiger partial charge is 0.169 e. The van der Waals surface area contributed by atoms with Gasteiger partial charge in [-0.25, -0.2) is 4.39 Å². The van der Waals surface area contributed by atoms with Crippen LogP contribution in [-0.4, -0.2) is 12.9 Å². The highest BCUT2D eigenvalue weighted by atomic mass is 79.9. The molecule has 4 heteroatoms. The third-order valence-corrected chi connectivity index (χ3v) is 3.06. The zero-order valence-electron chi connectivity index (χ0n) is 8.22. The van der Waals surface area contributed by atoms with Crippen molar-refractivity contribution in [2.24, 2.45) is 5.92 Å². The number of carbonyl (C=O) groups excluding carboxylic acids is 1. The number of halogens is 2. The van der Waals surface area contributed by atoms with E-state index in [1.165, 1.54) is 19.2 Å². The van der Waals surface area contributed by atoms with E-state index in [4.69, 9.17) is 4.74 Å². The minimum atomic E-state index is -0.417. The average Bonchev–Trinajstić information content (AvgIpc) is 3.04. The maximum Gasteiger partial charge on any atom is 0.169 e. The SMILES string of the molecule is COc1cc(F)c(Br)cc1C(=O)C1CC1. The van der Waals surface area contributed by atoms with Crippen molar-refractivity contribution >= 4 is 21.7 Å². The maximum absolute atomic E-state index is 13.2. The number of rotatable bonds is 3. The van der Waals surface area contributed by atoms with Gasteiger partial charge in [0.05, 0.1) is 17.1 Å². The molecule has 0 unspecified atom stereocenters. The molecular weight excluding hydrogens is 263 g/mol. The number of benzene rings is 1. The lowest BCUT2D eigenvalue weighted by Gasteiger charge is -2.08. The second-order valence-corrected chi connectivity index (χ2v) is 4.46. The molecule has 0 N–H and O–H groups in total. The molecule has 0 saturated heterocycles. The summed E-state index contributed by atoms with van der Waals surface area (Å²) in [5, 5.41) is 0. The molecular formula is C11H10BrFO2. The number of methoxy groups -OCH3 is 1. The Kier molecular flexibility index (Phi) is 2.78. The van der Waals surface area contributed by atoms with Gasteiger partial charge in [-0.2, -0.15) is 0 Å². The number of Topliss-reactive ketones (excluding diaryl/α,β-unsaturated/α-hetero) is 1. The third kappa shape index (κ3) is 2.04. The van der Waals surface area contributed by atoms with Crippen LogP contribution in [0.4, 0.5) is 4.39 Å². The summed E-state index contributed by atoms with van der Waals surface area (Å²) in [5.41, 5.74) is 0.466. The fraction of sp³-hybridized carbons (Fsp3) is 0.364. The van der Waals surface area contributed by atoms with Crippen molar-refractivity contribution in [1.29, 1.82) is 0 Å². The summed E-state index contributed by atoms with van der Waals surface area (Å²) in [6, 6.07) is 2.73. The van der Waals surface area contributed by atoms with Gasteiger partial charge in [0.1, 0.15) is 11.6 Å². The first-order valence-corrected chi connectivity index (χ1v) is 5.50. The highest BCUT2D eigenvalue weighted by Crippen LogP contribution is 2.36. The first-order chi connectivity index (χ1) is 7.13. The van der Waals surface area contributed by atoms with Crippen molar-refractivity contribution in [2.75, 3.05) is 7.11 Å². The molecule has 1 aliphatic carbocycles. The second kappa shape index (κ2) is 3.93. The van der Waals surface area contributed by atoms with Gasteiger partial charge in [-0.15, -0.1) is 0 Å². The molecule has 1 aliphatic rings. The van der Waals surface area contributed by atoms with E-state index in [1.807, 2.05) is 0 Å².